The van der Waals surface area contributed by atoms with Gasteiger partial charge >= 0.3 is 0 Å². The number of methoxy groups -OCH3 is 1. The van der Waals surface area contributed by atoms with Gasteiger partial charge in [-0.15, -0.1) is 0 Å². The van der Waals surface area contributed by atoms with Crippen LogP contribution in [-0.2, 0) is 9.84 Å². The van der Waals surface area contributed by atoms with E-state index in [4.69, 9.17) is 9.15 Å². The number of anilines is 2. The highest BCUT2D eigenvalue weighted by atomic mass is 79.9. The number of ether oxygens (including phenoxy) is 1. The van der Waals surface area contributed by atoms with Gasteiger partial charge in [0.2, 0.25) is 26.6 Å². The van der Waals surface area contributed by atoms with E-state index in [0.717, 1.165) is 10.0 Å². The zero-order valence-electron chi connectivity index (χ0n) is 16.8. The second-order valence-corrected chi connectivity index (χ2v) is 9.62. The Hall–Kier alpha value is -3.10. The van der Waals surface area contributed by atoms with Gasteiger partial charge in [-0.3, -0.25) is 0 Å². The minimum absolute atomic E-state index is 0.0349. The molecule has 0 aliphatic heterocycles. The maximum Gasteiger partial charge on any atom is 0.238 e. The van der Waals surface area contributed by atoms with Gasteiger partial charge in [0.15, 0.2) is 0 Å². The predicted octanol–water partition coefficient (Wildman–Crippen LogP) is 6.00. The maximum absolute atomic E-state index is 13.4. The smallest absolute Gasteiger partial charge is 0.238 e. The number of oxazole rings is 1. The Morgan fingerprint density at radius 1 is 1.00 bits per heavy atom. The average Bonchev–Trinajstić information content (AvgIpc) is 3.19. The van der Waals surface area contributed by atoms with E-state index >= 15 is 0 Å². The molecule has 158 valence electrons. The second-order valence-electron chi connectivity index (χ2n) is 6.84. The predicted molar refractivity (Wildman–Crippen MR) is 123 cm³/mol. The molecule has 0 aliphatic carbocycles. The molecule has 0 spiro atoms. The summed E-state index contributed by atoms with van der Waals surface area (Å²) in [4.78, 5) is 4.49. The van der Waals surface area contributed by atoms with Gasteiger partial charge in [-0.25, -0.2) is 8.42 Å². The topological polar surface area (TPSA) is 81.4 Å². The van der Waals surface area contributed by atoms with Gasteiger partial charge in [0.05, 0.1) is 12.0 Å². The van der Waals surface area contributed by atoms with Crippen LogP contribution in [0.4, 0.5) is 11.6 Å². The molecule has 0 radical (unpaired) electrons. The molecule has 4 rings (SSSR count). The highest BCUT2D eigenvalue weighted by molar-refractivity contribution is 9.10. The summed E-state index contributed by atoms with van der Waals surface area (Å²) in [5.41, 5.74) is 2.31. The Bertz CT molecular complexity index is 1330. The van der Waals surface area contributed by atoms with E-state index in [2.05, 4.69) is 26.2 Å². The van der Waals surface area contributed by atoms with Crippen molar-refractivity contribution in [3.8, 4) is 17.2 Å². The van der Waals surface area contributed by atoms with Crippen LogP contribution in [0, 0.1) is 6.92 Å². The fraction of sp³-hybridized carbons (Fsp3) is 0.0870. The Balaban J connectivity index is 1.84. The van der Waals surface area contributed by atoms with Crippen molar-refractivity contribution in [1.29, 1.82) is 0 Å². The van der Waals surface area contributed by atoms with Crippen molar-refractivity contribution in [3.63, 3.8) is 0 Å². The van der Waals surface area contributed by atoms with Crippen LogP contribution in [0.1, 0.15) is 5.56 Å². The Kier molecular flexibility index (Phi) is 5.84. The third-order valence-electron chi connectivity index (χ3n) is 4.57. The molecule has 0 amide bonds. The van der Waals surface area contributed by atoms with Crippen molar-refractivity contribution >= 4 is 37.3 Å². The highest BCUT2D eigenvalue weighted by Crippen LogP contribution is 2.35. The molecule has 0 bridgehead atoms. The third kappa shape index (κ3) is 4.50. The number of aromatic nitrogens is 1. The lowest BCUT2D eigenvalue weighted by Crippen LogP contribution is -2.05. The van der Waals surface area contributed by atoms with Gasteiger partial charge < -0.3 is 14.5 Å². The number of nitrogens with zero attached hydrogens (tertiary/aromatic N) is 1. The summed E-state index contributed by atoms with van der Waals surface area (Å²) in [6.07, 6.45) is 0. The second kappa shape index (κ2) is 8.56. The molecule has 1 aromatic heterocycles. The van der Waals surface area contributed by atoms with Crippen LogP contribution in [0.15, 0.2) is 91.6 Å². The molecule has 0 aliphatic rings. The van der Waals surface area contributed by atoms with E-state index in [-0.39, 0.29) is 21.7 Å². The van der Waals surface area contributed by atoms with Crippen LogP contribution in [-0.4, -0.2) is 20.5 Å². The van der Waals surface area contributed by atoms with Crippen molar-refractivity contribution < 1.29 is 17.6 Å². The van der Waals surface area contributed by atoms with Gasteiger partial charge in [-0.2, -0.15) is 4.98 Å². The number of aryl methyl sites for hydroxylation is 1. The summed E-state index contributed by atoms with van der Waals surface area (Å²) in [6, 6.07) is 21.0. The number of hydrogen-bond acceptors (Lipinski definition) is 6. The lowest BCUT2D eigenvalue weighted by molar-refractivity contribution is 0.415. The molecule has 4 aromatic rings. The number of nitrogens with one attached hydrogen (secondary N) is 1. The van der Waals surface area contributed by atoms with Crippen molar-refractivity contribution in [2.24, 2.45) is 0 Å². The maximum atomic E-state index is 13.4. The molecule has 0 unspecified atom stereocenters. The molecule has 6 nitrogen and oxygen atoms in total. The minimum atomic E-state index is -3.94. The normalized spacial score (nSPS) is 11.3. The number of rotatable bonds is 6. The molecular weight excluding hydrogens is 480 g/mol. The van der Waals surface area contributed by atoms with Gasteiger partial charge in [-0.05, 0) is 55.5 Å². The minimum Gasteiger partial charge on any atom is -0.497 e. The molecule has 0 saturated heterocycles. The van der Waals surface area contributed by atoms with E-state index in [1.807, 2.05) is 31.2 Å². The first kappa shape index (κ1) is 21.1. The number of benzene rings is 3. The van der Waals surface area contributed by atoms with Gasteiger partial charge in [0.25, 0.3) is 0 Å². The zero-order valence-corrected chi connectivity index (χ0v) is 19.2. The lowest BCUT2D eigenvalue weighted by atomic mass is 10.1. The van der Waals surface area contributed by atoms with Gasteiger partial charge in [0, 0.05) is 21.8 Å². The Morgan fingerprint density at radius 2 is 1.74 bits per heavy atom. The Morgan fingerprint density at radius 3 is 2.45 bits per heavy atom. The summed E-state index contributed by atoms with van der Waals surface area (Å²) < 4.78 is 38.7. The zero-order chi connectivity index (χ0) is 22.0. The van der Waals surface area contributed by atoms with E-state index in [1.54, 1.807) is 43.5 Å². The van der Waals surface area contributed by atoms with Crippen LogP contribution in [0.25, 0.3) is 11.5 Å². The molecule has 3 aromatic carbocycles. The van der Waals surface area contributed by atoms with Crippen LogP contribution in [0.2, 0.25) is 0 Å². The molecule has 0 fully saturated rings. The van der Waals surface area contributed by atoms with Crippen molar-refractivity contribution in [1.82, 2.24) is 4.98 Å². The molecule has 0 saturated carbocycles. The molecule has 31 heavy (non-hydrogen) atoms. The van der Waals surface area contributed by atoms with E-state index < -0.39 is 9.84 Å². The summed E-state index contributed by atoms with van der Waals surface area (Å²) in [7, 11) is -2.38. The van der Waals surface area contributed by atoms with Crippen LogP contribution < -0.4 is 10.1 Å². The molecule has 1 heterocycles. The van der Waals surface area contributed by atoms with Crippen molar-refractivity contribution in [3.05, 3.63) is 82.8 Å². The first-order valence-electron chi connectivity index (χ1n) is 9.36. The summed E-state index contributed by atoms with van der Waals surface area (Å²) in [6.45, 7) is 1.95. The highest BCUT2D eigenvalue weighted by Gasteiger charge is 2.29. The summed E-state index contributed by atoms with van der Waals surface area (Å²) >= 11 is 3.33. The van der Waals surface area contributed by atoms with E-state index in [9.17, 15) is 8.42 Å². The Labute approximate surface area is 189 Å². The number of halogens is 1. The fourth-order valence-electron chi connectivity index (χ4n) is 3.03. The van der Waals surface area contributed by atoms with E-state index in [1.165, 1.54) is 12.1 Å². The molecule has 8 heteroatoms. The van der Waals surface area contributed by atoms with Crippen LogP contribution in [0.3, 0.4) is 0 Å². The van der Waals surface area contributed by atoms with E-state index in [0.29, 0.717) is 17.0 Å². The van der Waals surface area contributed by atoms with Crippen LogP contribution in [0.5, 0.6) is 5.75 Å². The monoisotopic (exact) mass is 498 g/mol. The fourth-order valence-corrected chi connectivity index (χ4v) is 4.55. The first-order valence-corrected chi connectivity index (χ1v) is 11.6. The van der Waals surface area contributed by atoms with Gasteiger partial charge in [0.1, 0.15) is 5.75 Å². The standard InChI is InChI=1S/C23H19BrN2O4S/c1-15-5-3-6-16(13-15)21-26-23(31(27,28)20-11-9-17(24)10-12-20)22(30-21)25-18-7-4-8-19(14-18)29-2/h3-14,25H,1-2H3. The summed E-state index contributed by atoms with van der Waals surface area (Å²) in [5, 5.41) is 2.86. The largest absolute Gasteiger partial charge is 0.497 e. The van der Waals surface area contributed by atoms with Crippen molar-refractivity contribution in [2.45, 2.75) is 16.8 Å². The van der Waals surface area contributed by atoms with Crippen molar-refractivity contribution in [2.75, 3.05) is 12.4 Å². The molecule has 0 atom stereocenters. The third-order valence-corrected chi connectivity index (χ3v) is 6.77. The quantitative estimate of drug-likeness (QED) is 0.351. The lowest BCUT2D eigenvalue weighted by Gasteiger charge is -2.07. The SMILES string of the molecule is COc1cccc(Nc2oc(-c3cccc(C)c3)nc2S(=O)(=O)c2ccc(Br)cc2)c1. The summed E-state index contributed by atoms with van der Waals surface area (Å²) in [5.74, 6) is 0.873. The first-order chi connectivity index (χ1) is 14.9. The number of hydrogen-bond donors (Lipinski definition) is 1. The van der Waals surface area contributed by atoms with Gasteiger partial charge in [-0.1, -0.05) is 39.7 Å². The molecule has 1 N–H and O–H groups in total. The molecular formula is C23H19BrN2O4S. The number of sulfone groups is 1. The average molecular weight is 499 g/mol. The van der Waals surface area contributed by atoms with Crippen LogP contribution >= 0.6 is 15.9 Å².